The number of aromatic nitrogens is 1. The first-order chi connectivity index (χ1) is 8.49. The molecule has 0 aliphatic heterocycles. The number of aryl methyl sites for hydroxylation is 2. The van der Waals surface area contributed by atoms with Gasteiger partial charge in [0.05, 0.1) is 5.69 Å². The first-order valence-electron chi connectivity index (χ1n) is 5.92. The predicted molar refractivity (Wildman–Crippen MR) is 81.0 cm³/mol. The third kappa shape index (κ3) is 2.56. The van der Waals surface area contributed by atoms with E-state index in [0.717, 1.165) is 10.2 Å². The highest BCUT2D eigenvalue weighted by Gasteiger charge is 2.03. The number of nitrogens with zero attached hydrogens (tertiary/aromatic N) is 2. The van der Waals surface area contributed by atoms with Gasteiger partial charge in [0.15, 0.2) is 0 Å². The predicted octanol–water partition coefficient (Wildman–Crippen LogP) is 4.46. The quantitative estimate of drug-likeness (QED) is 0.729. The van der Waals surface area contributed by atoms with Crippen molar-refractivity contribution in [2.24, 2.45) is 12.0 Å². The summed E-state index contributed by atoms with van der Waals surface area (Å²) in [6.07, 6.45) is 1.94. The molecule has 2 nitrogen and oxygen atoms in total. The third-order valence-corrected chi connectivity index (χ3v) is 4.20. The van der Waals surface area contributed by atoms with Crippen LogP contribution in [0.3, 0.4) is 0 Å². The normalized spacial score (nSPS) is 11.4. The molecular formula is C15H17BrN2. The van der Waals surface area contributed by atoms with Gasteiger partial charge in [-0.25, -0.2) is 0 Å². The summed E-state index contributed by atoms with van der Waals surface area (Å²) in [5, 5.41) is 0. The summed E-state index contributed by atoms with van der Waals surface area (Å²) in [5.41, 5.74) is 5.85. The van der Waals surface area contributed by atoms with Crippen molar-refractivity contribution < 1.29 is 0 Å². The van der Waals surface area contributed by atoms with Gasteiger partial charge in [-0.05, 0) is 50.6 Å². The molecule has 1 aromatic carbocycles. The molecule has 0 fully saturated rings. The molecule has 0 aliphatic rings. The van der Waals surface area contributed by atoms with Crippen LogP contribution in [0.2, 0.25) is 0 Å². The topological polar surface area (TPSA) is 17.3 Å². The van der Waals surface area contributed by atoms with Gasteiger partial charge in [0, 0.05) is 34.7 Å². The summed E-state index contributed by atoms with van der Waals surface area (Å²) in [6, 6.07) is 8.28. The van der Waals surface area contributed by atoms with Gasteiger partial charge in [0.1, 0.15) is 0 Å². The lowest BCUT2D eigenvalue weighted by Gasteiger charge is -2.00. The molecule has 0 bridgehead atoms. The summed E-state index contributed by atoms with van der Waals surface area (Å²) in [6.45, 7) is 6.29. The maximum Gasteiger partial charge on any atom is 0.0633 e. The lowest BCUT2D eigenvalue weighted by atomic mass is 10.2. The monoisotopic (exact) mass is 304 g/mol. The van der Waals surface area contributed by atoms with Crippen LogP contribution in [-0.2, 0) is 7.05 Å². The Hall–Kier alpha value is -1.35. The van der Waals surface area contributed by atoms with Gasteiger partial charge in [-0.3, -0.25) is 4.99 Å². The van der Waals surface area contributed by atoms with Gasteiger partial charge in [-0.15, -0.1) is 0 Å². The minimum atomic E-state index is 0.983. The standard InChI is InChI=1S/C15H17BrN2/c1-10-7-14(5-6-15(10)16)17-9-13-8-11(2)18(4)12(13)3/h5-9H,1-4H3. The fourth-order valence-corrected chi connectivity index (χ4v) is 2.12. The number of halogens is 1. The average Bonchev–Trinajstić information content (AvgIpc) is 2.58. The number of hydrogen-bond donors (Lipinski definition) is 0. The number of hydrogen-bond acceptors (Lipinski definition) is 1. The number of rotatable bonds is 2. The largest absolute Gasteiger partial charge is 0.352 e. The van der Waals surface area contributed by atoms with E-state index >= 15 is 0 Å². The van der Waals surface area contributed by atoms with E-state index in [1.807, 2.05) is 18.3 Å². The maximum atomic E-state index is 4.53. The third-order valence-electron chi connectivity index (χ3n) is 3.31. The van der Waals surface area contributed by atoms with E-state index in [4.69, 9.17) is 0 Å². The van der Waals surface area contributed by atoms with Gasteiger partial charge < -0.3 is 4.57 Å². The van der Waals surface area contributed by atoms with E-state index in [9.17, 15) is 0 Å². The Morgan fingerprint density at radius 2 is 1.89 bits per heavy atom. The van der Waals surface area contributed by atoms with Crippen molar-refractivity contribution in [1.29, 1.82) is 0 Å². The molecule has 0 unspecified atom stereocenters. The van der Waals surface area contributed by atoms with Crippen molar-refractivity contribution in [3.05, 3.63) is 51.3 Å². The molecule has 0 N–H and O–H groups in total. The van der Waals surface area contributed by atoms with Crippen LogP contribution in [0.5, 0.6) is 0 Å². The molecular weight excluding hydrogens is 288 g/mol. The Bertz CT molecular complexity index is 609. The molecule has 2 aromatic rings. The summed E-state index contributed by atoms with van der Waals surface area (Å²) < 4.78 is 3.29. The van der Waals surface area contributed by atoms with E-state index in [0.29, 0.717) is 0 Å². The summed E-state index contributed by atoms with van der Waals surface area (Å²) in [5.74, 6) is 0. The molecule has 0 atom stereocenters. The molecule has 0 radical (unpaired) electrons. The van der Waals surface area contributed by atoms with Gasteiger partial charge in [0.25, 0.3) is 0 Å². The minimum absolute atomic E-state index is 0.983. The second-order valence-electron chi connectivity index (χ2n) is 4.58. The molecule has 0 saturated heterocycles. The van der Waals surface area contributed by atoms with Gasteiger partial charge >= 0.3 is 0 Å². The molecule has 0 amide bonds. The van der Waals surface area contributed by atoms with Crippen molar-refractivity contribution in [3.8, 4) is 0 Å². The second-order valence-corrected chi connectivity index (χ2v) is 5.43. The minimum Gasteiger partial charge on any atom is -0.352 e. The van der Waals surface area contributed by atoms with Crippen molar-refractivity contribution in [2.75, 3.05) is 0 Å². The summed E-state index contributed by atoms with van der Waals surface area (Å²) in [4.78, 5) is 4.53. The molecule has 1 aromatic heterocycles. The van der Waals surface area contributed by atoms with Crippen LogP contribution in [0.1, 0.15) is 22.5 Å². The van der Waals surface area contributed by atoms with Gasteiger partial charge in [-0.2, -0.15) is 0 Å². The van der Waals surface area contributed by atoms with E-state index in [1.54, 1.807) is 0 Å². The highest BCUT2D eigenvalue weighted by Crippen LogP contribution is 2.22. The van der Waals surface area contributed by atoms with Crippen molar-refractivity contribution in [1.82, 2.24) is 4.57 Å². The first kappa shape index (κ1) is 13.1. The van der Waals surface area contributed by atoms with Crippen molar-refractivity contribution >= 4 is 27.8 Å². The Morgan fingerprint density at radius 3 is 2.44 bits per heavy atom. The van der Waals surface area contributed by atoms with Crippen LogP contribution in [0.4, 0.5) is 5.69 Å². The van der Waals surface area contributed by atoms with Gasteiger partial charge in [0.2, 0.25) is 0 Å². The Kier molecular flexibility index (Phi) is 3.71. The fraction of sp³-hybridized carbons (Fsp3) is 0.267. The van der Waals surface area contributed by atoms with Crippen LogP contribution < -0.4 is 0 Å². The smallest absolute Gasteiger partial charge is 0.0633 e. The van der Waals surface area contributed by atoms with E-state index < -0.39 is 0 Å². The molecule has 94 valence electrons. The second kappa shape index (κ2) is 5.11. The highest BCUT2D eigenvalue weighted by atomic mass is 79.9. The highest BCUT2D eigenvalue weighted by molar-refractivity contribution is 9.10. The zero-order valence-corrected chi connectivity index (χ0v) is 12.7. The van der Waals surface area contributed by atoms with E-state index in [1.165, 1.54) is 22.5 Å². The summed E-state index contributed by atoms with van der Waals surface area (Å²) >= 11 is 3.49. The molecule has 3 heteroatoms. The van der Waals surface area contributed by atoms with Crippen LogP contribution in [-0.4, -0.2) is 10.8 Å². The van der Waals surface area contributed by atoms with Gasteiger partial charge in [-0.1, -0.05) is 15.9 Å². The average molecular weight is 305 g/mol. The maximum absolute atomic E-state index is 4.53. The van der Waals surface area contributed by atoms with E-state index in [-0.39, 0.29) is 0 Å². The molecule has 18 heavy (non-hydrogen) atoms. The van der Waals surface area contributed by atoms with Crippen LogP contribution in [0.15, 0.2) is 33.7 Å². The Balaban J connectivity index is 2.30. The van der Waals surface area contributed by atoms with Crippen LogP contribution >= 0.6 is 15.9 Å². The molecule has 1 heterocycles. The number of benzene rings is 1. The van der Waals surface area contributed by atoms with E-state index in [2.05, 4.69) is 65.4 Å². The fourth-order valence-electron chi connectivity index (χ4n) is 1.87. The SMILES string of the molecule is Cc1cc(N=Cc2cc(C)n(C)c2C)ccc1Br. The molecule has 0 spiro atoms. The van der Waals surface area contributed by atoms with Crippen molar-refractivity contribution in [2.45, 2.75) is 20.8 Å². The van der Waals surface area contributed by atoms with Crippen LogP contribution in [0, 0.1) is 20.8 Å². The summed E-state index contributed by atoms with van der Waals surface area (Å²) in [7, 11) is 2.08. The molecule has 2 rings (SSSR count). The lowest BCUT2D eigenvalue weighted by Crippen LogP contribution is -1.93. The zero-order valence-electron chi connectivity index (χ0n) is 11.2. The zero-order chi connectivity index (χ0) is 13.3. The molecule has 0 aliphatic carbocycles. The Morgan fingerprint density at radius 1 is 1.17 bits per heavy atom. The molecule has 0 saturated carbocycles. The lowest BCUT2D eigenvalue weighted by molar-refractivity contribution is 0.843. The van der Waals surface area contributed by atoms with Crippen LogP contribution in [0.25, 0.3) is 0 Å². The van der Waals surface area contributed by atoms with Crippen molar-refractivity contribution in [3.63, 3.8) is 0 Å². The number of aliphatic imine (C=N–C) groups is 1. The first-order valence-corrected chi connectivity index (χ1v) is 6.71. The Labute approximate surface area is 116 Å².